The number of hydrogen-bond donors (Lipinski definition) is 3. The van der Waals surface area contributed by atoms with Crippen molar-refractivity contribution in [2.45, 2.75) is 33.2 Å². The molecule has 0 bridgehead atoms. The summed E-state index contributed by atoms with van der Waals surface area (Å²) in [6.45, 7) is 6.06. The van der Waals surface area contributed by atoms with E-state index in [1.54, 1.807) is 0 Å². The number of rotatable bonds is 10. The summed E-state index contributed by atoms with van der Waals surface area (Å²) in [5, 5.41) is 7.58. The molecule has 8 nitrogen and oxygen atoms in total. The Hall–Kier alpha value is -1.67. The average molecular weight is 332 g/mol. The van der Waals surface area contributed by atoms with Crippen LogP contribution in [0.3, 0.4) is 0 Å². The largest absolute Gasteiger partial charge is 0.383 e. The van der Waals surface area contributed by atoms with Crippen LogP contribution in [-0.2, 0) is 23.9 Å². The van der Waals surface area contributed by atoms with Crippen LogP contribution < -0.4 is 16.0 Å². The van der Waals surface area contributed by atoms with Crippen LogP contribution in [0.2, 0.25) is 0 Å². The Labute approximate surface area is 139 Å². The summed E-state index contributed by atoms with van der Waals surface area (Å²) in [5.41, 5.74) is -0.174. The third kappa shape index (κ3) is 11.5. The second-order valence-electron chi connectivity index (χ2n) is 6.29. The average Bonchev–Trinajstić information content (AvgIpc) is 2.47. The molecule has 0 fully saturated rings. The molecule has 1 atom stereocenters. The van der Waals surface area contributed by atoms with Crippen LogP contribution in [0.4, 0.5) is 0 Å². The quantitative estimate of drug-likeness (QED) is 0.465. The molecule has 134 valence electrons. The van der Waals surface area contributed by atoms with Gasteiger partial charge in [0.2, 0.25) is 17.7 Å². The van der Waals surface area contributed by atoms with Crippen LogP contribution in [0, 0.1) is 5.41 Å². The van der Waals surface area contributed by atoms with Gasteiger partial charge >= 0.3 is 0 Å². The molecule has 0 heterocycles. The first-order chi connectivity index (χ1) is 11.2. The van der Waals surface area contributed by atoms with E-state index in [-0.39, 0.29) is 31.6 Å². The third-order valence-electron chi connectivity index (χ3n) is 2.68. The molecule has 0 saturated carbocycles. The summed E-state index contributed by atoms with van der Waals surface area (Å²) in [5.74, 6) is -1.17. The number of nitrogens with one attached hydrogen (secondary N) is 3. The summed E-state index contributed by atoms with van der Waals surface area (Å²) in [7, 11) is 1.19. The molecule has 0 aliphatic rings. The Kier molecular flexibility index (Phi) is 9.23. The van der Waals surface area contributed by atoms with E-state index in [4.69, 9.17) is 10.8 Å². The number of methoxy groups -OCH3 is 2. The molecule has 0 rings (SSSR count). The zero-order chi connectivity index (χ0) is 18.6. The lowest BCUT2D eigenvalue weighted by Crippen LogP contribution is -2.52. The maximum atomic E-state index is 12.0. The van der Waals surface area contributed by atoms with Crippen molar-refractivity contribution in [1.82, 2.24) is 16.0 Å². The van der Waals surface area contributed by atoms with E-state index in [1.165, 1.54) is 7.11 Å². The predicted octanol–water partition coefficient (Wildman–Crippen LogP) is -0.567. The molecular formula is C15H29N3O5. The first-order valence-electron chi connectivity index (χ1n) is 8.10. The first-order valence-corrected chi connectivity index (χ1v) is 7.39. The van der Waals surface area contributed by atoms with E-state index in [2.05, 4.69) is 16.0 Å². The van der Waals surface area contributed by atoms with Crippen LogP contribution in [0.1, 0.15) is 28.6 Å². The van der Waals surface area contributed by atoms with E-state index in [9.17, 15) is 14.4 Å². The number of ether oxygens (including phenoxy) is 2. The summed E-state index contributed by atoms with van der Waals surface area (Å²) in [4.78, 5) is 35.6. The fraction of sp³-hybridized carbons (Fsp3) is 0.800. The minimum absolute atomic E-state index is 0.121. The molecule has 0 aromatic rings. The van der Waals surface area contributed by atoms with Gasteiger partial charge in [-0.2, -0.15) is 0 Å². The molecule has 0 spiro atoms. The van der Waals surface area contributed by atoms with Crippen molar-refractivity contribution in [3.05, 3.63) is 0 Å². The lowest BCUT2D eigenvalue weighted by molar-refractivity contribution is -0.131. The zero-order valence-electron chi connectivity index (χ0n) is 15.4. The van der Waals surface area contributed by atoms with Crippen molar-refractivity contribution in [3.63, 3.8) is 0 Å². The molecule has 0 saturated heterocycles. The highest BCUT2D eigenvalue weighted by Gasteiger charge is 2.21. The van der Waals surface area contributed by atoms with Crippen molar-refractivity contribution in [1.29, 1.82) is 0 Å². The summed E-state index contributed by atoms with van der Waals surface area (Å²) in [6, 6.07) is -0.931. The minimum Gasteiger partial charge on any atom is -0.383 e. The fourth-order valence-electron chi connectivity index (χ4n) is 1.67. The number of carbonyl (C=O) groups is 3. The molecule has 0 aromatic heterocycles. The van der Waals surface area contributed by atoms with Gasteiger partial charge in [-0.05, 0) is 5.41 Å². The van der Waals surface area contributed by atoms with E-state index < -0.39 is 17.9 Å². The lowest BCUT2D eigenvalue weighted by Gasteiger charge is -2.19. The summed E-state index contributed by atoms with van der Waals surface area (Å²) in [6.07, 6.45) is 0.295. The van der Waals surface area contributed by atoms with E-state index in [0.29, 0.717) is 19.6 Å². The molecule has 1 unspecified atom stereocenters. The van der Waals surface area contributed by atoms with Gasteiger partial charge in [0.05, 0.1) is 21.1 Å². The molecule has 0 radical (unpaired) electrons. The van der Waals surface area contributed by atoms with Crippen LogP contribution in [0.25, 0.3) is 0 Å². The highest BCUT2D eigenvalue weighted by atomic mass is 16.5. The van der Waals surface area contributed by atoms with Gasteiger partial charge in [0.15, 0.2) is 0 Å². The van der Waals surface area contributed by atoms with Gasteiger partial charge < -0.3 is 25.4 Å². The van der Waals surface area contributed by atoms with Gasteiger partial charge in [0.1, 0.15) is 6.04 Å². The predicted molar refractivity (Wildman–Crippen MR) is 85.8 cm³/mol. The first kappa shape index (κ1) is 19.4. The molecule has 0 aromatic carbocycles. The van der Waals surface area contributed by atoms with Gasteiger partial charge in [0, 0.05) is 27.2 Å². The topological polar surface area (TPSA) is 106 Å². The van der Waals surface area contributed by atoms with Crippen molar-refractivity contribution in [2.75, 3.05) is 40.5 Å². The molecular weight excluding hydrogens is 302 g/mol. The maximum Gasteiger partial charge on any atom is 0.245 e. The van der Waals surface area contributed by atoms with E-state index >= 15 is 0 Å². The van der Waals surface area contributed by atoms with Crippen LogP contribution in [0.15, 0.2) is 0 Å². The fourth-order valence-corrected chi connectivity index (χ4v) is 1.67. The Bertz CT molecular complexity index is 412. The van der Waals surface area contributed by atoms with Crippen LogP contribution in [-0.4, -0.2) is 64.3 Å². The molecule has 0 aliphatic carbocycles. The number of amides is 3. The van der Waals surface area contributed by atoms with Gasteiger partial charge in [-0.1, -0.05) is 20.8 Å². The number of hydrogen-bond acceptors (Lipinski definition) is 5. The Morgan fingerprint density at radius 2 is 1.83 bits per heavy atom. The second-order valence-corrected chi connectivity index (χ2v) is 6.29. The monoisotopic (exact) mass is 332 g/mol. The molecule has 3 N–H and O–H groups in total. The van der Waals surface area contributed by atoms with E-state index in [1.807, 2.05) is 20.8 Å². The van der Waals surface area contributed by atoms with Crippen molar-refractivity contribution >= 4 is 17.7 Å². The zero-order valence-corrected chi connectivity index (χ0v) is 14.4. The smallest absolute Gasteiger partial charge is 0.245 e. The SMILES string of the molecule is [2H]COCC(NC(=O)CNC(=O)CC(C)(C)C)C(=O)NCCOC. The van der Waals surface area contributed by atoms with Gasteiger partial charge in [-0.25, -0.2) is 0 Å². The van der Waals surface area contributed by atoms with Gasteiger partial charge in [-0.3, -0.25) is 14.4 Å². The lowest BCUT2D eigenvalue weighted by atomic mass is 9.92. The Morgan fingerprint density at radius 3 is 2.39 bits per heavy atom. The molecule has 0 aliphatic heterocycles. The summed E-state index contributed by atoms with van der Waals surface area (Å²) >= 11 is 0. The highest BCUT2D eigenvalue weighted by Crippen LogP contribution is 2.17. The Morgan fingerprint density at radius 1 is 1.13 bits per heavy atom. The van der Waals surface area contributed by atoms with E-state index in [0.717, 1.165) is 0 Å². The highest BCUT2D eigenvalue weighted by molar-refractivity contribution is 5.90. The molecule has 3 amide bonds. The van der Waals surface area contributed by atoms with Crippen molar-refractivity contribution in [3.8, 4) is 0 Å². The molecule has 8 heteroatoms. The standard InChI is InChI=1S/C15H29N3O5/c1-15(2,3)8-12(19)17-9-13(20)18-11(10-23-5)14(21)16-6-7-22-4/h11H,6-10H2,1-5H3,(H,16,21)(H,17,19)(H,18,20)/i5D. The van der Waals surface area contributed by atoms with Gasteiger partial charge in [-0.15, -0.1) is 0 Å². The second kappa shape index (κ2) is 11.0. The minimum atomic E-state index is -0.931. The molecule has 23 heavy (non-hydrogen) atoms. The normalized spacial score (nSPS) is 13.0. The third-order valence-corrected chi connectivity index (χ3v) is 2.68. The van der Waals surface area contributed by atoms with Crippen LogP contribution >= 0.6 is 0 Å². The Balaban J connectivity index is 4.37. The van der Waals surface area contributed by atoms with Crippen LogP contribution in [0.5, 0.6) is 0 Å². The maximum absolute atomic E-state index is 12.0. The van der Waals surface area contributed by atoms with Gasteiger partial charge in [0.25, 0.3) is 0 Å². The number of carbonyl (C=O) groups excluding carboxylic acids is 3. The summed E-state index contributed by atoms with van der Waals surface area (Å²) < 4.78 is 16.7. The van der Waals surface area contributed by atoms with Crippen molar-refractivity contribution < 1.29 is 25.2 Å². The van der Waals surface area contributed by atoms with Crippen molar-refractivity contribution in [2.24, 2.45) is 5.41 Å².